The van der Waals surface area contributed by atoms with Crippen molar-refractivity contribution in [2.24, 2.45) is 0 Å². The summed E-state index contributed by atoms with van der Waals surface area (Å²) in [6.07, 6.45) is 2.16. The average Bonchev–Trinajstić information content (AvgIpc) is 3.25. The maximum Gasteiger partial charge on any atom is 0.235 e. The van der Waals surface area contributed by atoms with Gasteiger partial charge in [0, 0.05) is 18.7 Å². The first-order valence-electron chi connectivity index (χ1n) is 7.90. The number of rotatable bonds is 5. The maximum absolute atomic E-state index is 12.4. The van der Waals surface area contributed by atoms with Crippen molar-refractivity contribution in [1.82, 2.24) is 19.8 Å². The van der Waals surface area contributed by atoms with Crippen molar-refractivity contribution < 1.29 is 9.53 Å². The molecule has 0 radical (unpaired) electrons. The normalized spacial score (nSPS) is 15.5. The summed E-state index contributed by atoms with van der Waals surface area (Å²) in [5.74, 6) is 7.58. The number of carbonyl (C=O) groups excluding carboxylic acids is 1. The molecule has 1 aromatic carbocycles. The second-order valence-electron chi connectivity index (χ2n) is 5.70. The van der Waals surface area contributed by atoms with E-state index >= 15 is 0 Å². The predicted octanol–water partition coefficient (Wildman–Crippen LogP) is 1.77. The van der Waals surface area contributed by atoms with E-state index in [4.69, 9.17) is 10.6 Å². The zero-order valence-corrected chi connectivity index (χ0v) is 14.6. The molecule has 1 amide bonds. The van der Waals surface area contributed by atoms with Gasteiger partial charge < -0.3 is 15.5 Å². The molecule has 0 unspecified atom stereocenters. The second kappa shape index (κ2) is 7.12. The molecule has 1 aliphatic rings. The van der Waals surface area contributed by atoms with Crippen LogP contribution in [0.5, 0.6) is 5.75 Å². The van der Waals surface area contributed by atoms with Gasteiger partial charge in [-0.1, -0.05) is 11.8 Å². The van der Waals surface area contributed by atoms with Crippen LogP contribution in [-0.4, -0.2) is 51.1 Å². The zero-order valence-electron chi connectivity index (χ0n) is 13.8. The number of likely N-dealkylation sites (tertiary alicyclic amines) is 1. The molecule has 0 bridgehead atoms. The Morgan fingerprint density at radius 3 is 2.54 bits per heavy atom. The highest BCUT2D eigenvalue weighted by atomic mass is 32.2. The fourth-order valence-corrected chi connectivity index (χ4v) is 3.55. The Labute approximate surface area is 145 Å². The Kier molecular flexibility index (Phi) is 4.94. The SMILES string of the molecule is COc1ccc(-c2nnc(S[C@@H](C)C(=O)N3CCCC3)n2N)cc1. The highest BCUT2D eigenvalue weighted by Crippen LogP contribution is 2.27. The van der Waals surface area contributed by atoms with Crippen LogP contribution in [0.4, 0.5) is 0 Å². The van der Waals surface area contributed by atoms with E-state index in [0.717, 1.165) is 37.2 Å². The minimum absolute atomic E-state index is 0.131. The number of carbonyl (C=O) groups is 1. The van der Waals surface area contributed by atoms with Crippen LogP contribution in [0.15, 0.2) is 29.4 Å². The number of benzene rings is 1. The molecule has 1 fully saturated rings. The van der Waals surface area contributed by atoms with Crippen LogP contribution >= 0.6 is 11.8 Å². The van der Waals surface area contributed by atoms with Crippen LogP contribution in [0.2, 0.25) is 0 Å². The zero-order chi connectivity index (χ0) is 17.1. The summed E-state index contributed by atoms with van der Waals surface area (Å²) >= 11 is 1.34. The molecule has 0 aliphatic carbocycles. The molecule has 2 heterocycles. The molecule has 8 heteroatoms. The topological polar surface area (TPSA) is 86.3 Å². The van der Waals surface area contributed by atoms with E-state index < -0.39 is 0 Å². The summed E-state index contributed by atoms with van der Waals surface area (Å²) < 4.78 is 6.58. The first kappa shape index (κ1) is 16.6. The predicted molar refractivity (Wildman–Crippen MR) is 93.3 cm³/mol. The van der Waals surface area contributed by atoms with Gasteiger partial charge in [-0.15, -0.1) is 10.2 Å². The van der Waals surface area contributed by atoms with E-state index in [1.165, 1.54) is 16.4 Å². The molecule has 2 aromatic rings. The summed E-state index contributed by atoms with van der Waals surface area (Å²) in [6.45, 7) is 3.57. The van der Waals surface area contributed by atoms with Crippen molar-refractivity contribution in [1.29, 1.82) is 0 Å². The van der Waals surface area contributed by atoms with Crippen molar-refractivity contribution >= 4 is 17.7 Å². The minimum Gasteiger partial charge on any atom is -0.497 e. The van der Waals surface area contributed by atoms with Gasteiger partial charge in [0.05, 0.1) is 12.4 Å². The molecule has 0 spiro atoms. The first-order valence-corrected chi connectivity index (χ1v) is 8.78. The van der Waals surface area contributed by atoms with Crippen molar-refractivity contribution in [2.45, 2.75) is 30.2 Å². The van der Waals surface area contributed by atoms with E-state index in [2.05, 4.69) is 10.2 Å². The lowest BCUT2D eigenvalue weighted by atomic mass is 10.2. The highest BCUT2D eigenvalue weighted by molar-refractivity contribution is 8.00. The molecule has 7 nitrogen and oxygen atoms in total. The lowest BCUT2D eigenvalue weighted by molar-refractivity contribution is -0.129. The van der Waals surface area contributed by atoms with Crippen LogP contribution in [0.25, 0.3) is 11.4 Å². The van der Waals surface area contributed by atoms with Crippen molar-refractivity contribution in [3.8, 4) is 17.1 Å². The molecule has 0 saturated carbocycles. The molecular formula is C16H21N5O2S. The summed E-state index contributed by atoms with van der Waals surface area (Å²) in [7, 11) is 1.62. The number of methoxy groups -OCH3 is 1. The molecule has 3 rings (SSSR count). The molecule has 1 atom stereocenters. The minimum atomic E-state index is -0.238. The highest BCUT2D eigenvalue weighted by Gasteiger charge is 2.26. The molecule has 1 aromatic heterocycles. The van der Waals surface area contributed by atoms with E-state index in [-0.39, 0.29) is 11.2 Å². The number of thioether (sulfide) groups is 1. The van der Waals surface area contributed by atoms with Crippen molar-refractivity contribution in [2.75, 3.05) is 26.0 Å². The Balaban J connectivity index is 1.73. The lowest BCUT2D eigenvalue weighted by Crippen LogP contribution is -2.34. The number of nitrogens with two attached hydrogens (primary N) is 1. The van der Waals surface area contributed by atoms with Gasteiger partial charge in [-0.3, -0.25) is 4.79 Å². The Hall–Kier alpha value is -2.22. The van der Waals surface area contributed by atoms with Gasteiger partial charge in [0.25, 0.3) is 0 Å². The lowest BCUT2D eigenvalue weighted by Gasteiger charge is -2.19. The largest absolute Gasteiger partial charge is 0.497 e. The average molecular weight is 347 g/mol. The van der Waals surface area contributed by atoms with Gasteiger partial charge in [-0.2, -0.15) is 0 Å². The Bertz CT molecular complexity index is 710. The summed E-state index contributed by atoms with van der Waals surface area (Å²) in [4.78, 5) is 14.3. The van der Waals surface area contributed by atoms with Crippen LogP contribution in [-0.2, 0) is 4.79 Å². The van der Waals surface area contributed by atoms with Gasteiger partial charge in [0.15, 0.2) is 5.82 Å². The number of nitrogen functional groups attached to an aromatic ring is 1. The number of hydrogen-bond donors (Lipinski definition) is 1. The molecular weight excluding hydrogens is 326 g/mol. The van der Waals surface area contributed by atoms with Gasteiger partial charge in [0.2, 0.25) is 11.1 Å². The fraction of sp³-hybridized carbons (Fsp3) is 0.438. The molecule has 1 aliphatic heterocycles. The van der Waals surface area contributed by atoms with E-state index in [1.807, 2.05) is 36.1 Å². The summed E-state index contributed by atoms with van der Waals surface area (Å²) in [5.41, 5.74) is 0.844. The monoisotopic (exact) mass is 347 g/mol. The number of nitrogens with zero attached hydrogens (tertiary/aromatic N) is 4. The third kappa shape index (κ3) is 3.33. The van der Waals surface area contributed by atoms with Crippen LogP contribution in [0, 0.1) is 0 Å². The van der Waals surface area contributed by atoms with Gasteiger partial charge >= 0.3 is 0 Å². The standard InChI is InChI=1S/C16H21N5O2S/c1-11(15(22)20-9-3-4-10-20)24-16-19-18-14(21(16)17)12-5-7-13(23-2)8-6-12/h5-8,11H,3-4,9-10,17H2,1-2H3/t11-/m0/s1. The van der Waals surface area contributed by atoms with E-state index in [9.17, 15) is 4.79 Å². The number of ether oxygens (including phenoxy) is 1. The fourth-order valence-electron chi connectivity index (χ4n) is 2.70. The number of amides is 1. The number of hydrogen-bond acceptors (Lipinski definition) is 6. The quantitative estimate of drug-likeness (QED) is 0.655. The van der Waals surface area contributed by atoms with Crippen molar-refractivity contribution in [3.05, 3.63) is 24.3 Å². The molecule has 24 heavy (non-hydrogen) atoms. The first-order chi connectivity index (χ1) is 11.6. The Morgan fingerprint density at radius 1 is 1.25 bits per heavy atom. The van der Waals surface area contributed by atoms with Crippen LogP contribution in [0.1, 0.15) is 19.8 Å². The number of aromatic nitrogens is 3. The van der Waals surface area contributed by atoms with Crippen LogP contribution < -0.4 is 10.6 Å². The van der Waals surface area contributed by atoms with Crippen LogP contribution in [0.3, 0.4) is 0 Å². The molecule has 2 N–H and O–H groups in total. The van der Waals surface area contributed by atoms with E-state index in [1.54, 1.807) is 7.11 Å². The van der Waals surface area contributed by atoms with Crippen molar-refractivity contribution in [3.63, 3.8) is 0 Å². The van der Waals surface area contributed by atoms with Gasteiger partial charge in [-0.25, -0.2) is 4.68 Å². The Morgan fingerprint density at radius 2 is 1.92 bits per heavy atom. The summed E-state index contributed by atoms with van der Waals surface area (Å²) in [5, 5.41) is 8.58. The second-order valence-corrected chi connectivity index (χ2v) is 7.01. The van der Waals surface area contributed by atoms with E-state index in [0.29, 0.717) is 11.0 Å². The van der Waals surface area contributed by atoms with Gasteiger partial charge in [-0.05, 0) is 44.0 Å². The van der Waals surface area contributed by atoms with Gasteiger partial charge in [0.1, 0.15) is 5.75 Å². The molecule has 1 saturated heterocycles. The smallest absolute Gasteiger partial charge is 0.235 e. The third-order valence-electron chi connectivity index (χ3n) is 4.06. The maximum atomic E-state index is 12.4. The summed E-state index contributed by atoms with van der Waals surface area (Å²) in [6, 6.07) is 7.44. The molecule has 128 valence electrons. The third-order valence-corrected chi connectivity index (χ3v) is 5.10.